The first-order valence-corrected chi connectivity index (χ1v) is 7.85. The highest BCUT2D eigenvalue weighted by molar-refractivity contribution is 6.31. The first-order valence-electron chi connectivity index (χ1n) is 7.47. The molecule has 0 radical (unpaired) electrons. The van der Waals surface area contributed by atoms with E-state index in [1.54, 1.807) is 18.2 Å². The minimum Gasteiger partial charge on any atom is -0.491 e. The number of carbonyl (C=O) groups is 2. The Morgan fingerprint density at radius 2 is 2.09 bits per heavy atom. The predicted molar refractivity (Wildman–Crippen MR) is 84.3 cm³/mol. The lowest BCUT2D eigenvalue weighted by Gasteiger charge is -2.15. The lowest BCUT2D eigenvalue weighted by molar-refractivity contribution is -0.141. The van der Waals surface area contributed by atoms with Gasteiger partial charge in [-0.2, -0.15) is 0 Å². The molecule has 1 saturated carbocycles. The number of amides is 1. The Labute approximate surface area is 134 Å². The third-order valence-electron chi connectivity index (χ3n) is 3.81. The second-order valence-corrected chi connectivity index (χ2v) is 5.96. The van der Waals surface area contributed by atoms with Gasteiger partial charge >= 0.3 is 5.97 Å². The number of nitrogens with one attached hydrogen (secondary N) is 1. The Hall–Kier alpha value is -1.75. The molecule has 120 valence electrons. The third kappa shape index (κ3) is 4.13. The second-order valence-electron chi connectivity index (χ2n) is 5.52. The molecule has 2 N–H and O–H groups in total. The number of aliphatic carboxylic acids is 1. The molecule has 1 fully saturated rings. The zero-order valence-corrected chi connectivity index (χ0v) is 13.2. The molecule has 2 atom stereocenters. The van der Waals surface area contributed by atoms with Gasteiger partial charge in [-0.15, -0.1) is 0 Å². The van der Waals surface area contributed by atoms with E-state index in [1.165, 1.54) is 0 Å². The van der Waals surface area contributed by atoms with Gasteiger partial charge in [-0.1, -0.05) is 18.5 Å². The van der Waals surface area contributed by atoms with Crippen LogP contribution in [0.2, 0.25) is 5.02 Å². The molecule has 6 heteroatoms. The molecule has 0 saturated heterocycles. The number of rotatable bonds is 6. The van der Waals surface area contributed by atoms with Crippen molar-refractivity contribution in [3.8, 4) is 5.75 Å². The van der Waals surface area contributed by atoms with Crippen molar-refractivity contribution in [1.82, 2.24) is 0 Å². The molecule has 1 amide bonds. The fourth-order valence-electron chi connectivity index (χ4n) is 2.62. The molecular formula is C16H20ClNO4. The van der Waals surface area contributed by atoms with Crippen molar-refractivity contribution < 1.29 is 19.4 Å². The number of benzene rings is 1. The van der Waals surface area contributed by atoms with Crippen LogP contribution in [-0.2, 0) is 9.59 Å². The Morgan fingerprint density at radius 3 is 2.73 bits per heavy atom. The zero-order chi connectivity index (χ0) is 16.1. The van der Waals surface area contributed by atoms with Crippen molar-refractivity contribution in [1.29, 1.82) is 0 Å². The largest absolute Gasteiger partial charge is 0.491 e. The van der Waals surface area contributed by atoms with Crippen LogP contribution < -0.4 is 10.1 Å². The monoisotopic (exact) mass is 325 g/mol. The van der Waals surface area contributed by atoms with Gasteiger partial charge in [0.25, 0.3) is 0 Å². The average Bonchev–Trinajstić information content (AvgIpc) is 2.96. The molecule has 0 spiro atoms. The summed E-state index contributed by atoms with van der Waals surface area (Å²) < 4.78 is 5.60. The van der Waals surface area contributed by atoms with Gasteiger partial charge in [0, 0.05) is 10.9 Å². The Morgan fingerprint density at radius 1 is 1.36 bits per heavy atom. The number of carboxylic acid groups (broad SMARTS) is 1. The van der Waals surface area contributed by atoms with E-state index in [4.69, 9.17) is 21.4 Å². The molecule has 0 heterocycles. The minimum atomic E-state index is -0.829. The molecule has 0 unspecified atom stereocenters. The van der Waals surface area contributed by atoms with Crippen molar-refractivity contribution in [2.75, 3.05) is 11.9 Å². The van der Waals surface area contributed by atoms with Crippen molar-refractivity contribution >= 4 is 29.2 Å². The molecule has 0 aromatic heterocycles. The summed E-state index contributed by atoms with van der Waals surface area (Å²) in [4.78, 5) is 23.3. The van der Waals surface area contributed by atoms with Crippen LogP contribution >= 0.6 is 11.6 Å². The highest BCUT2D eigenvalue weighted by Crippen LogP contribution is 2.34. The number of halogens is 1. The maximum atomic E-state index is 12.3. The van der Waals surface area contributed by atoms with Crippen LogP contribution in [0.3, 0.4) is 0 Å². The van der Waals surface area contributed by atoms with Crippen LogP contribution in [0.1, 0.15) is 32.6 Å². The summed E-state index contributed by atoms with van der Waals surface area (Å²) in [5.74, 6) is -1.13. The fourth-order valence-corrected chi connectivity index (χ4v) is 2.79. The van der Waals surface area contributed by atoms with E-state index in [0.717, 1.165) is 6.42 Å². The molecule has 1 aromatic rings. The van der Waals surface area contributed by atoms with Gasteiger partial charge in [-0.25, -0.2) is 0 Å². The summed E-state index contributed by atoms with van der Waals surface area (Å²) in [6.45, 7) is 2.55. The number of hydrogen-bond donors (Lipinski definition) is 2. The van der Waals surface area contributed by atoms with E-state index in [9.17, 15) is 9.59 Å². The van der Waals surface area contributed by atoms with E-state index >= 15 is 0 Å². The number of ether oxygens (including phenoxy) is 1. The lowest BCUT2D eigenvalue weighted by atomic mass is 10.0. The standard InChI is InChI=1S/C16H20ClNO4/c1-2-7-22-14-6-5-12(17)9-13(14)18-15(19)10-3-4-11(8-10)16(20)21/h5-6,9-11H,2-4,7-8H2,1H3,(H,18,19)(H,20,21)/t10-,11+/m1/s1. The molecule has 22 heavy (non-hydrogen) atoms. The van der Waals surface area contributed by atoms with Gasteiger partial charge in [-0.3, -0.25) is 9.59 Å². The van der Waals surface area contributed by atoms with E-state index in [2.05, 4.69) is 5.32 Å². The molecule has 0 aliphatic heterocycles. The van der Waals surface area contributed by atoms with Gasteiger partial charge in [0.1, 0.15) is 5.75 Å². The maximum Gasteiger partial charge on any atom is 0.306 e. The summed E-state index contributed by atoms with van der Waals surface area (Å²) in [5, 5.41) is 12.3. The quantitative estimate of drug-likeness (QED) is 0.838. The molecule has 1 aromatic carbocycles. The topological polar surface area (TPSA) is 75.6 Å². The molecule has 1 aliphatic carbocycles. The number of hydrogen-bond acceptors (Lipinski definition) is 3. The van der Waals surface area contributed by atoms with Gasteiger partial charge in [0.15, 0.2) is 0 Å². The Balaban J connectivity index is 2.05. The van der Waals surface area contributed by atoms with Crippen LogP contribution in [-0.4, -0.2) is 23.6 Å². The summed E-state index contributed by atoms with van der Waals surface area (Å²) in [7, 11) is 0. The third-order valence-corrected chi connectivity index (χ3v) is 4.05. The first-order chi connectivity index (χ1) is 10.5. The van der Waals surface area contributed by atoms with Crippen LogP contribution in [0.15, 0.2) is 18.2 Å². The van der Waals surface area contributed by atoms with Gasteiger partial charge in [0.2, 0.25) is 5.91 Å². The molecule has 1 aliphatic rings. The van der Waals surface area contributed by atoms with Crippen molar-refractivity contribution in [2.45, 2.75) is 32.6 Å². The van der Waals surface area contributed by atoms with E-state index < -0.39 is 11.9 Å². The zero-order valence-electron chi connectivity index (χ0n) is 12.5. The Kier molecular flexibility index (Phi) is 5.66. The van der Waals surface area contributed by atoms with Crippen molar-refractivity contribution in [3.05, 3.63) is 23.2 Å². The fraction of sp³-hybridized carbons (Fsp3) is 0.500. The normalized spacial score (nSPS) is 20.6. The van der Waals surface area contributed by atoms with E-state index in [-0.39, 0.29) is 11.8 Å². The van der Waals surface area contributed by atoms with Crippen LogP contribution in [0, 0.1) is 11.8 Å². The van der Waals surface area contributed by atoms with Crippen LogP contribution in [0.25, 0.3) is 0 Å². The summed E-state index contributed by atoms with van der Waals surface area (Å²) in [6.07, 6.45) is 2.38. The molecular weight excluding hydrogens is 306 g/mol. The van der Waals surface area contributed by atoms with Gasteiger partial charge < -0.3 is 15.2 Å². The number of carboxylic acids is 1. The van der Waals surface area contributed by atoms with Crippen molar-refractivity contribution in [3.63, 3.8) is 0 Å². The Bertz CT molecular complexity index is 561. The predicted octanol–water partition coefficient (Wildman–Crippen LogP) is 3.57. The van der Waals surface area contributed by atoms with Gasteiger partial charge in [0.05, 0.1) is 18.2 Å². The van der Waals surface area contributed by atoms with Crippen LogP contribution in [0.4, 0.5) is 5.69 Å². The minimum absolute atomic E-state index is 0.174. The average molecular weight is 326 g/mol. The van der Waals surface area contributed by atoms with Crippen molar-refractivity contribution in [2.24, 2.45) is 11.8 Å². The molecule has 5 nitrogen and oxygen atoms in total. The second kappa shape index (κ2) is 7.49. The van der Waals surface area contributed by atoms with Crippen LogP contribution in [0.5, 0.6) is 5.75 Å². The number of carbonyl (C=O) groups excluding carboxylic acids is 1. The summed E-state index contributed by atoms with van der Waals surface area (Å²) in [6, 6.07) is 5.08. The SMILES string of the molecule is CCCOc1ccc(Cl)cc1NC(=O)[C@@H]1CC[C@H](C(=O)O)C1. The number of anilines is 1. The molecule has 2 rings (SSSR count). The maximum absolute atomic E-state index is 12.3. The summed E-state index contributed by atoms with van der Waals surface area (Å²) >= 11 is 5.97. The molecule has 0 bridgehead atoms. The highest BCUT2D eigenvalue weighted by Gasteiger charge is 2.34. The van der Waals surface area contributed by atoms with Gasteiger partial charge in [-0.05, 0) is 43.9 Å². The highest BCUT2D eigenvalue weighted by atomic mass is 35.5. The summed E-state index contributed by atoms with van der Waals surface area (Å²) in [5.41, 5.74) is 0.532. The smallest absolute Gasteiger partial charge is 0.306 e. The van der Waals surface area contributed by atoms with E-state index in [0.29, 0.717) is 42.3 Å². The lowest BCUT2D eigenvalue weighted by Crippen LogP contribution is -2.22. The first kappa shape index (κ1) is 16.6. The van der Waals surface area contributed by atoms with E-state index in [1.807, 2.05) is 6.92 Å².